The SMILES string of the molecule is c1ccc(-c2ccc(N(c3ccc4c(c3)sc3ccccc34)c3c(-c4ccccc4)cccc3-c3ccccc3)cc2-c2ccccc2)cc1. The van der Waals surface area contributed by atoms with E-state index in [1.165, 1.54) is 64.7 Å². The molecule has 2 heteroatoms. The molecule has 0 N–H and O–H groups in total. The molecule has 9 aromatic rings. The second kappa shape index (κ2) is 13.0. The van der Waals surface area contributed by atoms with E-state index >= 15 is 0 Å². The number of nitrogens with zero attached hydrogens (tertiary/aromatic N) is 1. The second-order valence-electron chi connectivity index (χ2n) is 12.5. The topological polar surface area (TPSA) is 3.24 Å². The highest BCUT2D eigenvalue weighted by atomic mass is 32.1. The van der Waals surface area contributed by atoms with Gasteiger partial charge in [-0.2, -0.15) is 0 Å². The Balaban J connectivity index is 1.36. The molecule has 0 amide bonds. The number of anilines is 3. The molecule has 9 rings (SSSR count). The van der Waals surface area contributed by atoms with Gasteiger partial charge >= 0.3 is 0 Å². The lowest BCUT2D eigenvalue weighted by molar-refractivity contribution is 1.29. The molecule has 1 nitrogen and oxygen atoms in total. The Labute approximate surface area is 297 Å². The predicted molar refractivity (Wildman–Crippen MR) is 216 cm³/mol. The molecule has 0 fully saturated rings. The van der Waals surface area contributed by atoms with Crippen molar-refractivity contribution in [1.82, 2.24) is 0 Å². The Hall–Kier alpha value is -6.22. The lowest BCUT2D eigenvalue weighted by Crippen LogP contribution is -2.13. The minimum Gasteiger partial charge on any atom is -0.309 e. The molecule has 0 unspecified atom stereocenters. The highest BCUT2D eigenvalue weighted by molar-refractivity contribution is 7.25. The predicted octanol–water partition coefficient (Wildman–Crippen LogP) is 14.2. The van der Waals surface area contributed by atoms with Crippen molar-refractivity contribution in [2.45, 2.75) is 0 Å². The summed E-state index contributed by atoms with van der Waals surface area (Å²) in [5, 5.41) is 2.59. The highest BCUT2D eigenvalue weighted by Crippen LogP contribution is 2.49. The standard InChI is InChI=1S/C48H33NS/c1-5-16-34(17-6-1)40-30-28-38(32-45(40)37-22-11-4-12-23-37)49(39-29-31-44-43-24-13-14-27-46(43)50-47(44)33-39)48-41(35-18-7-2-8-19-35)25-15-26-42(48)36-20-9-3-10-21-36/h1-33H. The van der Waals surface area contributed by atoms with Gasteiger partial charge in [-0.25, -0.2) is 0 Å². The summed E-state index contributed by atoms with van der Waals surface area (Å²) in [5.41, 5.74) is 12.9. The average molecular weight is 656 g/mol. The van der Waals surface area contributed by atoms with Crippen LogP contribution in [0.3, 0.4) is 0 Å². The summed E-state index contributed by atoms with van der Waals surface area (Å²) in [5.74, 6) is 0. The number of para-hydroxylation sites is 1. The molecular formula is C48H33NS. The minimum absolute atomic E-state index is 1.10. The molecule has 0 bridgehead atoms. The van der Waals surface area contributed by atoms with Crippen LogP contribution in [-0.2, 0) is 0 Å². The van der Waals surface area contributed by atoms with Crippen LogP contribution >= 0.6 is 11.3 Å². The van der Waals surface area contributed by atoms with Crippen molar-refractivity contribution in [1.29, 1.82) is 0 Å². The average Bonchev–Trinajstić information content (AvgIpc) is 3.57. The van der Waals surface area contributed by atoms with Gasteiger partial charge in [0, 0.05) is 42.7 Å². The zero-order valence-corrected chi connectivity index (χ0v) is 28.2. The van der Waals surface area contributed by atoms with E-state index < -0.39 is 0 Å². The summed E-state index contributed by atoms with van der Waals surface area (Å²) >= 11 is 1.86. The van der Waals surface area contributed by atoms with Crippen molar-refractivity contribution in [2.75, 3.05) is 4.90 Å². The fourth-order valence-electron chi connectivity index (χ4n) is 7.14. The van der Waals surface area contributed by atoms with E-state index in [4.69, 9.17) is 0 Å². The van der Waals surface area contributed by atoms with Gasteiger partial charge in [0.25, 0.3) is 0 Å². The Morgan fingerprint density at radius 1 is 0.300 bits per heavy atom. The summed E-state index contributed by atoms with van der Waals surface area (Å²) in [7, 11) is 0. The molecule has 50 heavy (non-hydrogen) atoms. The Bertz CT molecular complexity index is 2510. The smallest absolute Gasteiger partial charge is 0.0618 e. The molecular weight excluding hydrogens is 623 g/mol. The molecule has 1 heterocycles. The second-order valence-corrected chi connectivity index (χ2v) is 13.6. The first-order valence-electron chi connectivity index (χ1n) is 17.0. The van der Waals surface area contributed by atoms with Gasteiger partial charge in [-0.05, 0) is 63.7 Å². The molecule has 1 aromatic heterocycles. The van der Waals surface area contributed by atoms with Gasteiger partial charge in [0.2, 0.25) is 0 Å². The number of rotatable bonds is 7. The summed E-state index contributed by atoms with van der Waals surface area (Å²) in [4.78, 5) is 2.48. The van der Waals surface area contributed by atoms with E-state index in [9.17, 15) is 0 Å². The van der Waals surface area contributed by atoms with Gasteiger partial charge in [-0.15, -0.1) is 11.3 Å². The number of hydrogen-bond acceptors (Lipinski definition) is 2. The Morgan fingerprint density at radius 2 is 0.760 bits per heavy atom. The molecule has 0 spiro atoms. The van der Waals surface area contributed by atoms with Gasteiger partial charge in [0.15, 0.2) is 0 Å². The van der Waals surface area contributed by atoms with Gasteiger partial charge < -0.3 is 4.90 Å². The highest BCUT2D eigenvalue weighted by Gasteiger charge is 2.24. The van der Waals surface area contributed by atoms with Crippen molar-refractivity contribution >= 4 is 48.6 Å². The lowest BCUT2D eigenvalue weighted by Gasteiger charge is -2.31. The van der Waals surface area contributed by atoms with E-state index in [1.54, 1.807) is 0 Å². The zero-order valence-electron chi connectivity index (χ0n) is 27.4. The fraction of sp³-hybridized carbons (Fsp3) is 0. The third kappa shape index (κ3) is 5.46. The van der Waals surface area contributed by atoms with Crippen LogP contribution in [-0.4, -0.2) is 0 Å². The third-order valence-corrected chi connectivity index (χ3v) is 10.6. The number of hydrogen-bond donors (Lipinski definition) is 0. The molecule has 8 aromatic carbocycles. The third-order valence-electron chi connectivity index (χ3n) is 9.48. The minimum atomic E-state index is 1.10. The molecule has 0 saturated heterocycles. The van der Waals surface area contributed by atoms with Crippen molar-refractivity contribution in [3.8, 4) is 44.5 Å². The lowest BCUT2D eigenvalue weighted by atomic mass is 9.92. The van der Waals surface area contributed by atoms with Crippen molar-refractivity contribution in [2.24, 2.45) is 0 Å². The van der Waals surface area contributed by atoms with E-state index in [1.807, 2.05) is 11.3 Å². The molecule has 0 radical (unpaired) electrons. The summed E-state index contributed by atoms with van der Waals surface area (Å²) in [6.45, 7) is 0. The maximum absolute atomic E-state index is 2.48. The first-order valence-corrected chi connectivity index (χ1v) is 17.8. The van der Waals surface area contributed by atoms with E-state index in [0.717, 1.165) is 17.1 Å². The van der Waals surface area contributed by atoms with Crippen LogP contribution in [0.4, 0.5) is 17.1 Å². The van der Waals surface area contributed by atoms with Crippen LogP contribution in [0.5, 0.6) is 0 Å². The van der Waals surface area contributed by atoms with Gasteiger partial charge in [0.1, 0.15) is 0 Å². The Kier molecular flexibility index (Phi) is 7.77. The number of fused-ring (bicyclic) bond motifs is 3. The number of thiophene rings is 1. The van der Waals surface area contributed by atoms with Crippen molar-refractivity contribution in [3.63, 3.8) is 0 Å². The maximum atomic E-state index is 2.48. The van der Waals surface area contributed by atoms with Crippen molar-refractivity contribution < 1.29 is 0 Å². The molecule has 0 aliphatic heterocycles. The van der Waals surface area contributed by atoms with Crippen LogP contribution < -0.4 is 4.90 Å². The molecule has 236 valence electrons. The fourth-order valence-corrected chi connectivity index (χ4v) is 8.28. The molecule has 0 saturated carbocycles. The molecule has 0 aliphatic carbocycles. The van der Waals surface area contributed by atoms with Gasteiger partial charge in [-0.3, -0.25) is 0 Å². The summed E-state index contributed by atoms with van der Waals surface area (Å²) in [6, 6.07) is 72.4. The normalized spacial score (nSPS) is 11.2. The van der Waals surface area contributed by atoms with Gasteiger partial charge in [0.05, 0.1) is 5.69 Å². The van der Waals surface area contributed by atoms with Crippen LogP contribution in [0.1, 0.15) is 0 Å². The van der Waals surface area contributed by atoms with Gasteiger partial charge in [-0.1, -0.05) is 170 Å². The molecule has 0 aliphatic rings. The molecule has 0 atom stereocenters. The monoisotopic (exact) mass is 655 g/mol. The maximum Gasteiger partial charge on any atom is 0.0618 e. The van der Waals surface area contributed by atoms with E-state index in [2.05, 4.69) is 205 Å². The first-order chi connectivity index (χ1) is 24.8. The summed E-state index contributed by atoms with van der Waals surface area (Å²) < 4.78 is 2.58. The van der Waals surface area contributed by atoms with Crippen LogP contribution in [0.2, 0.25) is 0 Å². The van der Waals surface area contributed by atoms with Crippen LogP contribution in [0, 0.1) is 0 Å². The van der Waals surface area contributed by atoms with Crippen LogP contribution in [0.25, 0.3) is 64.7 Å². The first kappa shape index (κ1) is 29.9. The van der Waals surface area contributed by atoms with E-state index in [-0.39, 0.29) is 0 Å². The Morgan fingerprint density at radius 3 is 1.36 bits per heavy atom. The number of benzene rings is 8. The summed E-state index contributed by atoms with van der Waals surface area (Å²) in [6.07, 6.45) is 0. The van der Waals surface area contributed by atoms with Crippen molar-refractivity contribution in [3.05, 3.63) is 200 Å². The quantitative estimate of drug-likeness (QED) is 0.165. The van der Waals surface area contributed by atoms with E-state index in [0.29, 0.717) is 0 Å². The van der Waals surface area contributed by atoms with Crippen LogP contribution in [0.15, 0.2) is 200 Å². The largest absolute Gasteiger partial charge is 0.309 e. The zero-order chi connectivity index (χ0) is 33.3.